The Hall–Kier alpha value is -2.17. The van der Waals surface area contributed by atoms with E-state index in [1.165, 1.54) is 11.1 Å². The highest BCUT2D eigenvalue weighted by Crippen LogP contribution is 2.47. The van der Waals surface area contributed by atoms with Gasteiger partial charge in [0, 0.05) is 12.3 Å². The molecule has 1 saturated carbocycles. The molecular weight excluding hydrogens is 352 g/mol. The third kappa shape index (κ3) is 5.66. The molecule has 0 bridgehead atoms. The van der Waals surface area contributed by atoms with Gasteiger partial charge >= 0.3 is 5.97 Å². The van der Waals surface area contributed by atoms with Crippen LogP contribution in [-0.2, 0) is 11.2 Å². The van der Waals surface area contributed by atoms with Crippen molar-refractivity contribution in [3.05, 3.63) is 71.8 Å². The van der Waals surface area contributed by atoms with Gasteiger partial charge in [-0.1, -0.05) is 66.3 Å². The standard InChI is InChI=1S/C24H30O4/c25-20(11-10-17-6-2-1-3-7-17)12-13-21-22-15-18(8-4-5-9-24(27)28)14-19(22)16-23(21)26/h1-4,6-8,12-14,19-23,25-26H,5,9-11,15-16H2,(H,27,28)/t19-,20-,21-,22-,23+/m0/s1. The molecule has 0 amide bonds. The molecule has 5 atom stereocenters. The zero-order chi connectivity index (χ0) is 19.9. The molecule has 1 fully saturated rings. The monoisotopic (exact) mass is 382 g/mol. The van der Waals surface area contributed by atoms with Crippen molar-refractivity contribution in [2.75, 3.05) is 0 Å². The minimum atomic E-state index is -0.777. The van der Waals surface area contributed by atoms with E-state index in [-0.39, 0.29) is 18.4 Å². The van der Waals surface area contributed by atoms with Crippen molar-refractivity contribution in [2.45, 2.75) is 50.7 Å². The van der Waals surface area contributed by atoms with Crippen LogP contribution < -0.4 is 0 Å². The maximum absolute atomic E-state index is 10.6. The van der Waals surface area contributed by atoms with Crippen LogP contribution in [0.4, 0.5) is 0 Å². The first kappa shape index (κ1) is 20.6. The number of carbonyl (C=O) groups is 1. The number of aryl methyl sites for hydroxylation is 1. The maximum Gasteiger partial charge on any atom is 0.303 e. The van der Waals surface area contributed by atoms with Crippen molar-refractivity contribution in [3.63, 3.8) is 0 Å². The number of benzene rings is 1. The van der Waals surface area contributed by atoms with E-state index in [1.807, 2.05) is 42.5 Å². The first-order chi connectivity index (χ1) is 13.5. The molecule has 150 valence electrons. The minimum absolute atomic E-state index is 0.0672. The molecule has 4 heteroatoms. The molecule has 3 rings (SSSR count). The van der Waals surface area contributed by atoms with Gasteiger partial charge in [-0.15, -0.1) is 0 Å². The summed E-state index contributed by atoms with van der Waals surface area (Å²) in [4.78, 5) is 10.6. The lowest BCUT2D eigenvalue weighted by Gasteiger charge is -2.18. The number of hydrogen-bond donors (Lipinski definition) is 3. The second-order valence-corrected chi connectivity index (χ2v) is 7.97. The maximum atomic E-state index is 10.6. The topological polar surface area (TPSA) is 77.8 Å². The van der Waals surface area contributed by atoms with Crippen LogP contribution in [0.5, 0.6) is 0 Å². The van der Waals surface area contributed by atoms with Crippen LogP contribution >= 0.6 is 0 Å². The largest absolute Gasteiger partial charge is 0.481 e. The SMILES string of the molecule is O=C(O)CCC=CC1=C[C@H]2C[C@@H](O)[C@@H](C=C[C@@H](O)CCc3ccccc3)[C@H]2C1. The van der Waals surface area contributed by atoms with E-state index < -0.39 is 12.1 Å². The predicted molar refractivity (Wildman–Crippen MR) is 110 cm³/mol. The number of allylic oxidation sites excluding steroid dienone is 4. The molecule has 2 aliphatic carbocycles. The van der Waals surface area contributed by atoms with Crippen LogP contribution in [0.25, 0.3) is 0 Å². The van der Waals surface area contributed by atoms with Crippen molar-refractivity contribution < 1.29 is 20.1 Å². The van der Waals surface area contributed by atoms with Crippen LogP contribution in [0.3, 0.4) is 0 Å². The van der Waals surface area contributed by atoms with E-state index in [9.17, 15) is 15.0 Å². The van der Waals surface area contributed by atoms with Gasteiger partial charge in [-0.3, -0.25) is 4.79 Å². The van der Waals surface area contributed by atoms with Crippen molar-refractivity contribution in [2.24, 2.45) is 17.8 Å². The Morgan fingerprint density at radius 1 is 1.25 bits per heavy atom. The van der Waals surface area contributed by atoms with Crippen LogP contribution in [-0.4, -0.2) is 33.5 Å². The van der Waals surface area contributed by atoms with E-state index in [0.717, 1.165) is 19.3 Å². The number of carboxylic acids is 1. The number of aliphatic carboxylic acids is 1. The Morgan fingerprint density at radius 2 is 2.04 bits per heavy atom. The Kier molecular flexibility index (Phi) is 7.24. The first-order valence-corrected chi connectivity index (χ1v) is 10.2. The number of rotatable bonds is 9. The van der Waals surface area contributed by atoms with Gasteiger partial charge in [0.05, 0.1) is 12.2 Å². The van der Waals surface area contributed by atoms with Gasteiger partial charge in [-0.2, -0.15) is 0 Å². The number of aliphatic hydroxyl groups is 2. The average molecular weight is 383 g/mol. The van der Waals surface area contributed by atoms with Gasteiger partial charge in [-0.05, 0) is 49.5 Å². The third-order valence-corrected chi connectivity index (χ3v) is 5.89. The normalized spacial score (nSPS) is 28.0. The van der Waals surface area contributed by atoms with Gasteiger partial charge in [0.15, 0.2) is 0 Å². The summed E-state index contributed by atoms with van der Waals surface area (Å²) in [5.74, 6) is 0.0237. The molecule has 0 spiro atoms. The van der Waals surface area contributed by atoms with E-state index in [4.69, 9.17) is 5.11 Å². The van der Waals surface area contributed by atoms with Crippen LogP contribution in [0.1, 0.15) is 37.7 Å². The van der Waals surface area contributed by atoms with Crippen molar-refractivity contribution in [1.82, 2.24) is 0 Å². The molecule has 1 aromatic carbocycles. The Bertz CT molecular complexity index is 734. The summed E-state index contributed by atoms with van der Waals surface area (Å²) in [7, 11) is 0. The van der Waals surface area contributed by atoms with Gasteiger partial charge in [-0.25, -0.2) is 0 Å². The van der Waals surface area contributed by atoms with Crippen molar-refractivity contribution in [1.29, 1.82) is 0 Å². The Balaban J connectivity index is 1.49. The Morgan fingerprint density at radius 3 is 2.79 bits per heavy atom. The van der Waals surface area contributed by atoms with Crippen LogP contribution in [0.2, 0.25) is 0 Å². The van der Waals surface area contributed by atoms with Crippen molar-refractivity contribution in [3.8, 4) is 0 Å². The van der Waals surface area contributed by atoms with Gasteiger partial charge in [0.2, 0.25) is 0 Å². The number of aliphatic hydroxyl groups excluding tert-OH is 2. The molecule has 0 heterocycles. The second kappa shape index (κ2) is 9.85. The summed E-state index contributed by atoms with van der Waals surface area (Å²) in [6.07, 6.45) is 13.0. The van der Waals surface area contributed by atoms with Gasteiger partial charge in [0.25, 0.3) is 0 Å². The fourth-order valence-corrected chi connectivity index (χ4v) is 4.42. The highest BCUT2D eigenvalue weighted by Gasteiger charge is 2.42. The molecule has 1 aromatic rings. The van der Waals surface area contributed by atoms with Crippen LogP contribution in [0.15, 0.2) is 66.3 Å². The van der Waals surface area contributed by atoms with E-state index in [2.05, 4.69) is 18.2 Å². The molecule has 28 heavy (non-hydrogen) atoms. The fraction of sp³-hybridized carbons (Fsp3) is 0.458. The molecule has 0 aliphatic heterocycles. The highest BCUT2D eigenvalue weighted by molar-refractivity contribution is 5.66. The van der Waals surface area contributed by atoms with E-state index in [0.29, 0.717) is 24.7 Å². The molecular formula is C24H30O4. The van der Waals surface area contributed by atoms with Gasteiger partial charge in [0.1, 0.15) is 0 Å². The predicted octanol–water partition coefficient (Wildman–Crippen LogP) is 3.90. The zero-order valence-electron chi connectivity index (χ0n) is 16.2. The zero-order valence-corrected chi connectivity index (χ0v) is 16.2. The molecule has 0 radical (unpaired) electrons. The Labute approximate surface area is 166 Å². The third-order valence-electron chi connectivity index (χ3n) is 5.89. The summed E-state index contributed by atoms with van der Waals surface area (Å²) in [5, 5.41) is 29.4. The number of carboxylic acid groups (broad SMARTS) is 1. The smallest absolute Gasteiger partial charge is 0.303 e. The highest BCUT2D eigenvalue weighted by atomic mass is 16.4. The molecule has 4 nitrogen and oxygen atoms in total. The minimum Gasteiger partial charge on any atom is -0.481 e. The quantitative estimate of drug-likeness (QED) is 0.566. The molecule has 0 saturated heterocycles. The molecule has 0 aromatic heterocycles. The lowest BCUT2D eigenvalue weighted by Crippen LogP contribution is -2.18. The number of fused-ring (bicyclic) bond motifs is 1. The molecule has 2 aliphatic rings. The van der Waals surface area contributed by atoms with Gasteiger partial charge < -0.3 is 15.3 Å². The summed E-state index contributed by atoms with van der Waals surface area (Å²) in [6, 6.07) is 10.1. The molecule has 3 N–H and O–H groups in total. The second-order valence-electron chi connectivity index (χ2n) is 7.97. The lowest BCUT2D eigenvalue weighted by molar-refractivity contribution is -0.136. The summed E-state index contributed by atoms with van der Waals surface area (Å²) < 4.78 is 0. The fourth-order valence-electron chi connectivity index (χ4n) is 4.42. The summed E-state index contributed by atoms with van der Waals surface area (Å²) in [6.45, 7) is 0. The molecule has 0 unspecified atom stereocenters. The first-order valence-electron chi connectivity index (χ1n) is 10.2. The van der Waals surface area contributed by atoms with E-state index in [1.54, 1.807) is 0 Å². The van der Waals surface area contributed by atoms with Crippen molar-refractivity contribution >= 4 is 5.97 Å². The van der Waals surface area contributed by atoms with E-state index >= 15 is 0 Å². The average Bonchev–Trinajstić information content (AvgIpc) is 3.19. The van der Waals surface area contributed by atoms with Crippen LogP contribution in [0, 0.1) is 17.8 Å². The summed E-state index contributed by atoms with van der Waals surface area (Å²) in [5.41, 5.74) is 2.45. The lowest BCUT2D eigenvalue weighted by atomic mass is 9.89. The number of hydrogen-bond acceptors (Lipinski definition) is 3. The summed E-state index contributed by atoms with van der Waals surface area (Å²) >= 11 is 0.